The number of likely N-dealkylation sites (N-methyl/N-ethyl adjacent to an activating group) is 1. The Morgan fingerprint density at radius 1 is 1.64 bits per heavy atom. The number of hydrogen-bond acceptors (Lipinski definition) is 1. The lowest BCUT2D eigenvalue weighted by atomic mass is 10.1. The molecule has 0 aliphatic carbocycles. The van der Waals surface area contributed by atoms with Crippen LogP contribution in [0.2, 0.25) is 0 Å². The van der Waals surface area contributed by atoms with Crippen LogP contribution in [0.1, 0.15) is 26.1 Å². The second kappa shape index (κ2) is 5.47. The van der Waals surface area contributed by atoms with Crippen molar-refractivity contribution in [3.8, 4) is 12.3 Å². The zero-order valence-corrected chi connectivity index (χ0v) is 7.81. The zero-order valence-electron chi connectivity index (χ0n) is 17.8. The predicted molar refractivity (Wildman–Crippen MR) is 61.1 cm³/mol. The highest BCUT2D eigenvalue weighted by Crippen LogP contribution is 2.06. The van der Waals surface area contributed by atoms with Gasteiger partial charge in [-0.2, -0.15) is 0 Å². The molecule has 0 aliphatic rings. The Hall–Kier alpha value is -1.26. The van der Waals surface area contributed by atoms with Crippen LogP contribution in [0.3, 0.4) is 0 Å². The van der Waals surface area contributed by atoms with Gasteiger partial charge in [-0.1, -0.05) is 36.1 Å². The van der Waals surface area contributed by atoms with Gasteiger partial charge in [0, 0.05) is 10.2 Å². The molecule has 0 saturated heterocycles. The van der Waals surface area contributed by atoms with E-state index in [1.807, 2.05) is 5.92 Å². The van der Waals surface area contributed by atoms with Crippen LogP contribution in [0, 0.1) is 12.3 Å². The minimum atomic E-state index is -2.68. The third kappa shape index (κ3) is 3.24. The molecule has 0 aromatic heterocycles. The maximum Gasteiger partial charge on any atom is 0.0626 e. The lowest BCUT2D eigenvalue weighted by Crippen LogP contribution is -2.31. The van der Waals surface area contributed by atoms with Gasteiger partial charge in [0.05, 0.1) is 16.1 Å². The average molecular weight is 197 g/mol. The summed E-state index contributed by atoms with van der Waals surface area (Å²) in [6.45, 7) is -5.05. The Bertz CT molecular complexity index is 644. The molecule has 0 amide bonds. The first-order valence-electron chi connectivity index (χ1n) is 9.02. The second-order valence-corrected chi connectivity index (χ2v) is 2.69. The molecule has 74 valence electrons. The smallest absolute Gasteiger partial charge is 0.0626 e. The molecule has 0 aliphatic heterocycles. The first kappa shape index (κ1) is 3.40. The molecule has 0 spiro atoms. The van der Waals surface area contributed by atoms with E-state index in [-0.39, 0.29) is 5.56 Å². The predicted octanol–water partition coefficient (Wildman–Crippen LogP) is 2.18. The van der Waals surface area contributed by atoms with Gasteiger partial charge in [0.2, 0.25) is 0 Å². The summed E-state index contributed by atoms with van der Waals surface area (Å²) in [5.41, 5.74) is -0.193. The van der Waals surface area contributed by atoms with E-state index in [1.165, 1.54) is 7.05 Å². The number of nitrogens with zero attached hydrogens (tertiary/aromatic N) is 1. The molecular weight excluding hydrogens is 170 g/mol. The Morgan fingerprint density at radius 3 is 2.93 bits per heavy atom. The van der Waals surface area contributed by atoms with Gasteiger partial charge in [-0.15, -0.1) is 6.42 Å². The lowest BCUT2D eigenvalue weighted by molar-refractivity contribution is 0.287. The van der Waals surface area contributed by atoms with E-state index in [1.54, 1.807) is 0 Å². The van der Waals surface area contributed by atoms with Gasteiger partial charge >= 0.3 is 0 Å². The Kier molecular flexibility index (Phi) is 1.33. The normalized spacial score (nSPS) is 24.6. The first-order chi connectivity index (χ1) is 10.8. The van der Waals surface area contributed by atoms with Crippen LogP contribution in [0.5, 0.6) is 0 Å². The molecule has 0 N–H and O–H groups in total. The minimum absolute atomic E-state index is 0.193. The van der Waals surface area contributed by atoms with Crippen molar-refractivity contribution in [2.24, 2.45) is 0 Å². The van der Waals surface area contributed by atoms with Gasteiger partial charge in [-0.05, 0) is 25.9 Å². The monoisotopic (exact) mass is 197 g/mol. The van der Waals surface area contributed by atoms with Crippen LogP contribution < -0.4 is 0 Å². The highest BCUT2D eigenvalue weighted by Gasteiger charge is 2.07. The molecule has 0 saturated carbocycles. The Morgan fingerprint density at radius 2 is 2.36 bits per heavy atom. The summed E-state index contributed by atoms with van der Waals surface area (Å²) in [6.07, 6.45) is 4.63. The van der Waals surface area contributed by atoms with E-state index in [9.17, 15) is 0 Å². The van der Waals surface area contributed by atoms with Crippen LogP contribution in [-0.2, 0) is 6.42 Å². The fraction of sp³-hybridized carbons (Fsp3) is 0.385. The second-order valence-electron chi connectivity index (χ2n) is 2.69. The van der Waals surface area contributed by atoms with E-state index in [0.29, 0.717) is 0 Å². The van der Waals surface area contributed by atoms with Gasteiger partial charge in [-0.25, -0.2) is 0 Å². The highest BCUT2D eigenvalue weighted by atomic mass is 15.1. The van der Waals surface area contributed by atoms with Gasteiger partial charge in [0.15, 0.2) is 0 Å². The van der Waals surface area contributed by atoms with E-state index in [2.05, 4.69) is 0 Å². The van der Waals surface area contributed by atoms with E-state index >= 15 is 0 Å². The van der Waals surface area contributed by atoms with Crippen molar-refractivity contribution in [1.82, 2.24) is 4.90 Å². The van der Waals surface area contributed by atoms with Crippen molar-refractivity contribution in [2.75, 3.05) is 13.5 Å². The first-order valence-corrected chi connectivity index (χ1v) is 4.02. The van der Waals surface area contributed by atoms with Crippen LogP contribution in [0.4, 0.5) is 0 Å². The molecule has 1 nitrogen and oxygen atoms in total. The summed E-state index contributed by atoms with van der Waals surface area (Å²) in [4.78, 5) is 0.820. The van der Waals surface area contributed by atoms with Gasteiger partial charge in [0.25, 0.3) is 0 Å². The summed E-state index contributed by atoms with van der Waals surface area (Å²) >= 11 is 0. The summed E-state index contributed by atoms with van der Waals surface area (Å²) in [5, 5.41) is 0. The van der Waals surface area contributed by atoms with Crippen molar-refractivity contribution in [3.63, 3.8) is 0 Å². The SMILES string of the molecule is [2H]c1c([2H])c([2H])c(C[C@H](N(C)C([2H])([2H])C#C)C([2H])([2H])[2H])c([2H])c1[2H]. The van der Waals surface area contributed by atoms with Crippen molar-refractivity contribution in [2.45, 2.75) is 19.3 Å². The van der Waals surface area contributed by atoms with Crippen LogP contribution in [0.15, 0.2) is 30.2 Å². The zero-order chi connectivity index (χ0) is 19.0. The van der Waals surface area contributed by atoms with Crippen molar-refractivity contribution in [1.29, 1.82) is 0 Å². The summed E-state index contributed by atoms with van der Waals surface area (Å²) < 4.78 is 76.8. The molecule has 0 bridgehead atoms. The molecule has 14 heavy (non-hydrogen) atoms. The van der Waals surface area contributed by atoms with Gasteiger partial charge in [-0.3, -0.25) is 4.90 Å². The Labute approximate surface area is 101 Å². The van der Waals surface area contributed by atoms with Crippen molar-refractivity contribution < 1.29 is 13.7 Å². The molecule has 0 heterocycles. The quantitative estimate of drug-likeness (QED) is 0.669. The fourth-order valence-electron chi connectivity index (χ4n) is 0.888. The van der Waals surface area contributed by atoms with Crippen LogP contribution in [-0.4, -0.2) is 24.5 Å². The molecule has 1 rings (SSSR count). The fourth-order valence-corrected chi connectivity index (χ4v) is 0.888. The lowest BCUT2D eigenvalue weighted by Gasteiger charge is -2.22. The number of terminal acetylenes is 1. The maximum absolute atomic E-state index is 7.87. The Balaban J connectivity index is 3.46. The third-order valence-corrected chi connectivity index (χ3v) is 1.66. The largest absolute Gasteiger partial charge is 0.292 e. The van der Waals surface area contributed by atoms with E-state index in [4.69, 9.17) is 20.1 Å². The molecule has 0 radical (unpaired) electrons. The molecule has 0 unspecified atom stereocenters. The third-order valence-electron chi connectivity index (χ3n) is 1.66. The topological polar surface area (TPSA) is 3.24 Å². The molecule has 1 heteroatoms. The summed E-state index contributed by atoms with van der Waals surface area (Å²) in [6, 6.07) is -4.20. The number of benzene rings is 1. The molecular formula is C13H17N. The molecule has 1 aromatic carbocycles. The van der Waals surface area contributed by atoms with E-state index < -0.39 is 56.0 Å². The van der Waals surface area contributed by atoms with Crippen LogP contribution in [0.25, 0.3) is 0 Å². The number of hydrogen-bond donors (Lipinski definition) is 0. The van der Waals surface area contributed by atoms with Gasteiger partial charge in [0.1, 0.15) is 0 Å². The standard InChI is InChI=1S/C13H17N/c1-4-10-14(3)12(2)11-13-8-6-5-7-9-13/h1,5-9,12H,10-11H2,2-3H3/t12-/m1/s1/i2D3,5D,6D,7D,8D,9D,10D2. The molecule has 1 atom stereocenters. The molecule has 0 fully saturated rings. The highest BCUT2D eigenvalue weighted by molar-refractivity contribution is 5.15. The van der Waals surface area contributed by atoms with Gasteiger partial charge < -0.3 is 0 Å². The van der Waals surface area contributed by atoms with Crippen molar-refractivity contribution >= 4 is 0 Å². The van der Waals surface area contributed by atoms with Crippen LogP contribution >= 0.6 is 0 Å². The van der Waals surface area contributed by atoms with E-state index in [0.717, 1.165) is 4.90 Å². The molecule has 1 aromatic rings. The minimum Gasteiger partial charge on any atom is -0.292 e. The summed E-state index contributed by atoms with van der Waals surface area (Å²) in [5.74, 6) is 1.85. The summed E-state index contributed by atoms with van der Waals surface area (Å²) in [7, 11) is 1.19. The maximum atomic E-state index is 7.87. The van der Waals surface area contributed by atoms with Crippen molar-refractivity contribution in [3.05, 3.63) is 35.8 Å². The number of rotatable bonds is 4. The average Bonchev–Trinajstić information content (AvgIpc) is 2.49.